The van der Waals surface area contributed by atoms with Crippen LogP contribution in [0.1, 0.15) is 20.1 Å². The summed E-state index contributed by atoms with van der Waals surface area (Å²) < 4.78 is 5.64. The molecular weight excluding hydrogens is 284 g/mol. The van der Waals surface area contributed by atoms with Gasteiger partial charge in [-0.1, -0.05) is 17.7 Å². The van der Waals surface area contributed by atoms with E-state index in [4.69, 9.17) is 22.2 Å². The average Bonchev–Trinajstić information content (AvgIpc) is 2.77. The van der Waals surface area contributed by atoms with Gasteiger partial charge in [0.1, 0.15) is 12.4 Å². The molecule has 0 unspecified atom stereocenters. The molecule has 0 fully saturated rings. The molecule has 1 aromatic carbocycles. The molecule has 1 aromatic heterocycles. The van der Waals surface area contributed by atoms with E-state index >= 15 is 0 Å². The molecule has 2 rings (SSSR count). The van der Waals surface area contributed by atoms with Crippen LogP contribution in [-0.4, -0.2) is 5.91 Å². The van der Waals surface area contributed by atoms with Crippen LogP contribution in [0.15, 0.2) is 30.3 Å². The number of hydrogen-bond donors (Lipinski definition) is 2. The standard InChI is InChI=1S/C13H13ClN2O2S/c1-8-9(5-12(19-8)13(17)16-15)7-18-11-4-2-3-10(14)6-11/h2-6H,7,15H2,1H3,(H,16,17). The van der Waals surface area contributed by atoms with Crippen LogP contribution in [-0.2, 0) is 6.61 Å². The lowest BCUT2D eigenvalue weighted by molar-refractivity contribution is 0.0957. The normalized spacial score (nSPS) is 10.3. The molecule has 0 saturated heterocycles. The van der Waals surface area contributed by atoms with Crippen LogP contribution in [0.3, 0.4) is 0 Å². The second-order valence-electron chi connectivity index (χ2n) is 3.91. The highest BCUT2D eigenvalue weighted by atomic mass is 35.5. The molecule has 3 N–H and O–H groups in total. The summed E-state index contributed by atoms with van der Waals surface area (Å²) in [5.41, 5.74) is 3.08. The van der Waals surface area contributed by atoms with Gasteiger partial charge < -0.3 is 4.74 Å². The summed E-state index contributed by atoms with van der Waals surface area (Å²) in [5, 5.41) is 0.628. The Kier molecular flexibility index (Phi) is 4.42. The van der Waals surface area contributed by atoms with E-state index < -0.39 is 0 Å². The number of rotatable bonds is 4. The molecule has 0 bridgehead atoms. The summed E-state index contributed by atoms with van der Waals surface area (Å²) in [6.45, 7) is 2.33. The number of nitrogens with one attached hydrogen (secondary N) is 1. The van der Waals surface area contributed by atoms with E-state index in [-0.39, 0.29) is 5.91 Å². The zero-order valence-electron chi connectivity index (χ0n) is 10.3. The monoisotopic (exact) mass is 296 g/mol. The van der Waals surface area contributed by atoms with Crippen molar-refractivity contribution in [1.82, 2.24) is 5.43 Å². The number of hydrogen-bond acceptors (Lipinski definition) is 4. The fourth-order valence-electron chi connectivity index (χ4n) is 1.56. The Bertz CT molecular complexity index is 598. The van der Waals surface area contributed by atoms with Crippen molar-refractivity contribution in [3.63, 3.8) is 0 Å². The minimum atomic E-state index is -0.290. The minimum absolute atomic E-state index is 0.290. The van der Waals surface area contributed by atoms with Crippen LogP contribution in [0, 0.1) is 6.92 Å². The van der Waals surface area contributed by atoms with Gasteiger partial charge >= 0.3 is 0 Å². The Morgan fingerprint density at radius 2 is 2.26 bits per heavy atom. The van der Waals surface area contributed by atoms with Crippen LogP contribution in [0.4, 0.5) is 0 Å². The van der Waals surface area contributed by atoms with Gasteiger partial charge in [0, 0.05) is 15.5 Å². The van der Waals surface area contributed by atoms with E-state index in [9.17, 15) is 4.79 Å². The number of amides is 1. The molecule has 19 heavy (non-hydrogen) atoms. The van der Waals surface area contributed by atoms with E-state index in [1.807, 2.05) is 19.1 Å². The van der Waals surface area contributed by atoms with Crippen LogP contribution < -0.4 is 16.0 Å². The number of aryl methyl sites for hydroxylation is 1. The predicted octanol–water partition coefficient (Wildman–Crippen LogP) is 2.89. The predicted molar refractivity (Wildman–Crippen MR) is 76.5 cm³/mol. The third kappa shape index (κ3) is 3.47. The highest BCUT2D eigenvalue weighted by Gasteiger charge is 2.11. The van der Waals surface area contributed by atoms with Crippen molar-refractivity contribution in [3.05, 3.63) is 50.7 Å². The van der Waals surface area contributed by atoms with Gasteiger partial charge in [-0.05, 0) is 31.2 Å². The Morgan fingerprint density at radius 1 is 1.47 bits per heavy atom. The van der Waals surface area contributed by atoms with E-state index in [2.05, 4.69) is 5.43 Å². The third-order valence-electron chi connectivity index (χ3n) is 2.57. The molecule has 4 nitrogen and oxygen atoms in total. The highest BCUT2D eigenvalue weighted by molar-refractivity contribution is 7.14. The highest BCUT2D eigenvalue weighted by Crippen LogP contribution is 2.24. The maximum Gasteiger partial charge on any atom is 0.275 e. The van der Waals surface area contributed by atoms with Gasteiger partial charge in [0.15, 0.2) is 0 Å². The van der Waals surface area contributed by atoms with Crippen molar-refractivity contribution in [2.45, 2.75) is 13.5 Å². The van der Waals surface area contributed by atoms with Crippen molar-refractivity contribution in [2.24, 2.45) is 5.84 Å². The van der Waals surface area contributed by atoms with Crippen molar-refractivity contribution in [3.8, 4) is 5.75 Å². The van der Waals surface area contributed by atoms with Crippen molar-refractivity contribution >= 4 is 28.8 Å². The second kappa shape index (κ2) is 6.06. The first-order valence-corrected chi connectivity index (χ1v) is 6.78. The van der Waals surface area contributed by atoms with Crippen molar-refractivity contribution < 1.29 is 9.53 Å². The molecule has 0 spiro atoms. The third-order valence-corrected chi connectivity index (χ3v) is 3.89. The minimum Gasteiger partial charge on any atom is -0.489 e. The smallest absolute Gasteiger partial charge is 0.275 e. The fourth-order valence-corrected chi connectivity index (χ4v) is 2.68. The first-order valence-electron chi connectivity index (χ1n) is 5.59. The Balaban J connectivity index is 2.07. The van der Waals surface area contributed by atoms with Crippen molar-refractivity contribution in [1.29, 1.82) is 0 Å². The molecule has 1 amide bonds. The first-order chi connectivity index (χ1) is 9.10. The van der Waals surface area contributed by atoms with Crippen LogP contribution in [0.5, 0.6) is 5.75 Å². The van der Waals surface area contributed by atoms with Gasteiger partial charge in [-0.15, -0.1) is 11.3 Å². The first kappa shape index (κ1) is 13.9. The van der Waals surface area contributed by atoms with Gasteiger partial charge in [-0.2, -0.15) is 0 Å². The number of carbonyl (C=O) groups excluding carboxylic acids is 1. The summed E-state index contributed by atoms with van der Waals surface area (Å²) in [4.78, 5) is 13.0. The van der Waals surface area contributed by atoms with Crippen LogP contribution >= 0.6 is 22.9 Å². The molecule has 1 heterocycles. The number of thiophene rings is 1. The fraction of sp³-hybridized carbons (Fsp3) is 0.154. The van der Waals surface area contributed by atoms with Crippen LogP contribution in [0.2, 0.25) is 5.02 Å². The lowest BCUT2D eigenvalue weighted by Gasteiger charge is -2.05. The summed E-state index contributed by atoms with van der Waals surface area (Å²) in [6.07, 6.45) is 0. The number of benzene rings is 1. The largest absolute Gasteiger partial charge is 0.489 e. The van der Waals surface area contributed by atoms with Crippen LogP contribution in [0.25, 0.3) is 0 Å². The number of halogens is 1. The number of ether oxygens (including phenoxy) is 1. The molecule has 100 valence electrons. The SMILES string of the molecule is Cc1sc(C(=O)NN)cc1COc1cccc(Cl)c1. The van der Waals surface area contributed by atoms with Gasteiger partial charge in [0.2, 0.25) is 0 Å². The quantitative estimate of drug-likeness (QED) is 0.518. The van der Waals surface area contributed by atoms with E-state index in [0.717, 1.165) is 10.4 Å². The number of carbonyl (C=O) groups is 1. The average molecular weight is 297 g/mol. The molecule has 0 aliphatic rings. The molecule has 0 atom stereocenters. The summed E-state index contributed by atoms with van der Waals surface area (Å²) in [7, 11) is 0. The molecular formula is C13H13ClN2O2S. The Morgan fingerprint density at radius 3 is 2.95 bits per heavy atom. The molecule has 0 radical (unpaired) electrons. The Labute approximate surface area is 120 Å². The van der Waals surface area contributed by atoms with E-state index in [1.54, 1.807) is 18.2 Å². The topological polar surface area (TPSA) is 64.4 Å². The molecule has 0 saturated carbocycles. The van der Waals surface area contributed by atoms with Crippen molar-refractivity contribution in [2.75, 3.05) is 0 Å². The maximum absolute atomic E-state index is 11.4. The van der Waals surface area contributed by atoms with Gasteiger partial charge in [-0.3, -0.25) is 10.2 Å². The number of hydrazine groups is 1. The van der Waals surface area contributed by atoms with Gasteiger partial charge in [-0.25, -0.2) is 5.84 Å². The van der Waals surface area contributed by atoms with E-state index in [1.165, 1.54) is 11.3 Å². The van der Waals surface area contributed by atoms with Gasteiger partial charge in [0.05, 0.1) is 4.88 Å². The van der Waals surface area contributed by atoms with Gasteiger partial charge in [0.25, 0.3) is 5.91 Å². The zero-order valence-corrected chi connectivity index (χ0v) is 11.8. The number of nitrogens with two attached hydrogens (primary N) is 1. The summed E-state index contributed by atoms with van der Waals surface area (Å²) in [5.74, 6) is 5.51. The second-order valence-corrected chi connectivity index (χ2v) is 5.60. The molecule has 2 aromatic rings. The van der Waals surface area contributed by atoms with E-state index in [0.29, 0.717) is 22.3 Å². The summed E-state index contributed by atoms with van der Waals surface area (Å²) in [6, 6.07) is 8.98. The summed E-state index contributed by atoms with van der Waals surface area (Å²) >= 11 is 7.26. The zero-order chi connectivity index (χ0) is 13.8. The molecule has 0 aliphatic carbocycles. The number of nitrogen functional groups attached to an aromatic ring is 1. The lowest BCUT2D eigenvalue weighted by Crippen LogP contribution is -2.29. The molecule has 6 heteroatoms. The Hall–Kier alpha value is -1.56. The maximum atomic E-state index is 11.4. The lowest BCUT2D eigenvalue weighted by atomic mass is 10.2. The molecule has 0 aliphatic heterocycles.